The van der Waals surface area contributed by atoms with Gasteiger partial charge in [-0.1, -0.05) is 24.4 Å². The molecule has 1 saturated heterocycles. The lowest BCUT2D eigenvalue weighted by atomic mass is 9.72. The fourth-order valence-corrected chi connectivity index (χ4v) is 3.93. The summed E-state index contributed by atoms with van der Waals surface area (Å²) in [5.74, 6) is 2.04. The van der Waals surface area contributed by atoms with Crippen molar-refractivity contribution in [3.8, 4) is 0 Å². The minimum atomic E-state index is -0.744. The maximum Gasteiger partial charge on any atom is 0.310 e. The molecule has 1 atom stereocenters. The van der Waals surface area contributed by atoms with E-state index in [1.54, 1.807) is 11.8 Å². The lowest BCUT2D eigenvalue weighted by molar-refractivity contribution is -0.151. The van der Waals surface area contributed by atoms with Gasteiger partial charge < -0.3 is 14.4 Å². The van der Waals surface area contributed by atoms with E-state index < -0.39 is 11.4 Å². The SMILES string of the molecule is O=C(O)C1(Cc2nc(C3CSCCO3)no2)CCCCC1. The van der Waals surface area contributed by atoms with Crippen molar-refractivity contribution in [2.24, 2.45) is 5.41 Å². The largest absolute Gasteiger partial charge is 0.481 e. The van der Waals surface area contributed by atoms with Crippen LogP contribution in [0.4, 0.5) is 0 Å². The van der Waals surface area contributed by atoms with Crippen molar-refractivity contribution in [3.05, 3.63) is 11.7 Å². The number of rotatable bonds is 4. The fourth-order valence-electron chi connectivity index (χ4n) is 3.09. The van der Waals surface area contributed by atoms with Crippen LogP contribution in [0, 0.1) is 5.41 Å². The van der Waals surface area contributed by atoms with Crippen molar-refractivity contribution >= 4 is 17.7 Å². The second-order valence-electron chi connectivity index (χ2n) is 5.80. The predicted octanol–water partition coefficient (Wildman–Crippen LogP) is 2.45. The summed E-state index contributed by atoms with van der Waals surface area (Å²) in [5, 5.41) is 13.6. The first-order chi connectivity index (χ1) is 10.2. The van der Waals surface area contributed by atoms with Crippen LogP contribution >= 0.6 is 11.8 Å². The molecule has 2 heterocycles. The topological polar surface area (TPSA) is 85.5 Å². The third-order valence-corrected chi connectivity index (χ3v) is 5.34. The number of carboxylic acids is 1. The fraction of sp³-hybridized carbons (Fsp3) is 0.786. The summed E-state index contributed by atoms with van der Waals surface area (Å²) < 4.78 is 10.9. The molecule has 0 spiro atoms. The van der Waals surface area contributed by atoms with Gasteiger partial charge in [0.2, 0.25) is 11.7 Å². The number of ether oxygens (including phenoxy) is 1. The van der Waals surface area contributed by atoms with Gasteiger partial charge in [0.15, 0.2) is 0 Å². The molecular formula is C14H20N2O4S. The summed E-state index contributed by atoms with van der Waals surface area (Å²) in [5.41, 5.74) is -0.732. The first-order valence-electron chi connectivity index (χ1n) is 7.45. The van der Waals surface area contributed by atoms with Gasteiger partial charge in [-0.15, -0.1) is 0 Å². The van der Waals surface area contributed by atoms with Crippen molar-refractivity contribution < 1.29 is 19.2 Å². The third-order valence-electron chi connectivity index (χ3n) is 4.34. The Morgan fingerprint density at radius 3 is 2.86 bits per heavy atom. The minimum absolute atomic E-state index is 0.131. The zero-order valence-electron chi connectivity index (χ0n) is 11.9. The number of aromatic nitrogens is 2. The number of aliphatic carboxylic acids is 1. The molecule has 1 N–H and O–H groups in total. The summed E-state index contributed by atoms with van der Waals surface area (Å²) in [6.07, 6.45) is 4.59. The monoisotopic (exact) mass is 312 g/mol. The normalized spacial score (nSPS) is 25.6. The maximum absolute atomic E-state index is 11.7. The number of hydrogen-bond donors (Lipinski definition) is 1. The quantitative estimate of drug-likeness (QED) is 0.914. The Labute approximate surface area is 127 Å². The molecule has 2 aliphatic rings. The second kappa shape index (κ2) is 6.36. The molecule has 116 valence electrons. The number of carbonyl (C=O) groups is 1. The first-order valence-corrected chi connectivity index (χ1v) is 8.60. The zero-order valence-corrected chi connectivity index (χ0v) is 12.7. The Balaban J connectivity index is 1.71. The Bertz CT molecular complexity index is 493. The summed E-state index contributed by atoms with van der Waals surface area (Å²) in [6, 6.07) is 0. The van der Waals surface area contributed by atoms with E-state index in [9.17, 15) is 9.90 Å². The standard InChI is InChI=1S/C14H20N2O4S/c17-13(18)14(4-2-1-3-5-14)8-11-15-12(16-20-11)10-9-21-7-6-19-10/h10H,1-9H2,(H,17,18). The Morgan fingerprint density at radius 1 is 1.38 bits per heavy atom. The maximum atomic E-state index is 11.7. The van der Waals surface area contributed by atoms with Gasteiger partial charge in [0.25, 0.3) is 0 Å². The van der Waals surface area contributed by atoms with Crippen LogP contribution in [0.25, 0.3) is 0 Å². The first kappa shape index (κ1) is 14.8. The van der Waals surface area contributed by atoms with Gasteiger partial charge in [-0.25, -0.2) is 0 Å². The van der Waals surface area contributed by atoms with E-state index in [4.69, 9.17) is 9.26 Å². The van der Waals surface area contributed by atoms with Gasteiger partial charge in [0, 0.05) is 17.9 Å². The van der Waals surface area contributed by atoms with Crippen LogP contribution in [0.3, 0.4) is 0 Å². The van der Waals surface area contributed by atoms with Crippen LogP contribution in [-0.2, 0) is 16.0 Å². The highest BCUT2D eigenvalue weighted by Gasteiger charge is 2.41. The van der Waals surface area contributed by atoms with E-state index in [1.165, 1.54) is 0 Å². The molecule has 2 fully saturated rings. The van der Waals surface area contributed by atoms with Gasteiger partial charge >= 0.3 is 5.97 Å². The van der Waals surface area contributed by atoms with Crippen LogP contribution < -0.4 is 0 Å². The molecule has 1 saturated carbocycles. The summed E-state index contributed by atoms with van der Waals surface area (Å²) in [6.45, 7) is 0.693. The van der Waals surface area contributed by atoms with E-state index in [1.807, 2.05) is 0 Å². The van der Waals surface area contributed by atoms with Gasteiger partial charge in [-0.3, -0.25) is 4.79 Å². The molecule has 1 unspecified atom stereocenters. The van der Waals surface area contributed by atoms with E-state index >= 15 is 0 Å². The van der Waals surface area contributed by atoms with Crippen LogP contribution in [0.5, 0.6) is 0 Å². The average molecular weight is 312 g/mol. The van der Waals surface area contributed by atoms with Crippen molar-refractivity contribution in [1.29, 1.82) is 0 Å². The highest BCUT2D eigenvalue weighted by atomic mass is 32.2. The van der Waals surface area contributed by atoms with Crippen LogP contribution in [0.15, 0.2) is 4.52 Å². The van der Waals surface area contributed by atoms with E-state index in [0.717, 1.165) is 30.8 Å². The minimum Gasteiger partial charge on any atom is -0.481 e. The lowest BCUT2D eigenvalue weighted by Gasteiger charge is -2.31. The highest BCUT2D eigenvalue weighted by Crippen LogP contribution is 2.39. The number of nitrogens with zero attached hydrogens (tertiary/aromatic N) is 2. The smallest absolute Gasteiger partial charge is 0.310 e. The van der Waals surface area contributed by atoms with Crippen molar-refractivity contribution in [3.63, 3.8) is 0 Å². The van der Waals surface area contributed by atoms with E-state index in [0.29, 0.717) is 37.6 Å². The Morgan fingerprint density at radius 2 is 2.19 bits per heavy atom. The average Bonchev–Trinajstić information content (AvgIpc) is 2.97. The molecule has 1 aliphatic carbocycles. The van der Waals surface area contributed by atoms with Gasteiger partial charge in [-0.2, -0.15) is 16.7 Å². The molecule has 1 aromatic heterocycles. The van der Waals surface area contributed by atoms with Gasteiger partial charge in [-0.05, 0) is 12.8 Å². The Hall–Kier alpha value is -1.08. The summed E-state index contributed by atoms with van der Waals surface area (Å²) >= 11 is 1.81. The summed E-state index contributed by atoms with van der Waals surface area (Å²) in [7, 11) is 0. The van der Waals surface area contributed by atoms with Crippen LogP contribution in [0.2, 0.25) is 0 Å². The van der Waals surface area contributed by atoms with Gasteiger partial charge in [0.05, 0.1) is 12.0 Å². The number of thioether (sulfide) groups is 1. The molecular weight excluding hydrogens is 292 g/mol. The Kier molecular flexibility index (Phi) is 4.49. The molecule has 0 bridgehead atoms. The van der Waals surface area contributed by atoms with Crippen molar-refractivity contribution in [2.45, 2.75) is 44.6 Å². The van der Waals surface area contributed by atoms with E-state index in [2.05, 4.69) is 10.1 Å². The third kappa shape index (κ3) is 3.23. The second-order valence-corrected chi connectivity index (χ2v) is 6.95. The molecule has 3 rings (SSSR count). The van der Waals surface area contributed by atoms with Crippen molar-refractivity contribution in [1.82, 2.24) is 10.1 Å². The predicted molar refractivity (Wildman–Crippen MR) is 77.2 cm³/mol. The molecule has 1 aliphatic heterocycles. The lowest BCUT2D eigenvalue weighted by Crippen LogP contribution is -2.35. The van der Waals surface area contributed by atoms with Crippen LogP contribution in [0.1, 0.15) is 49.9 Å². The summed E-state index contributed by atoms with van der Waals surface area (Å²) in [4.78, 5) is 16.0. The molecule has 1 aromatic rings. The highest BCUT2D eigenvalue weighted by molar-refractivity contribution is 7.99. The van der Waals surface area contributed by atoms with Crippen LogP contribution in [-0.4, -0.2) is 39.3 Å². The zero-order chi connectivity index (χ0) is 14.7. The molecule has 0 aromatic carbocycles. The van der Waals surface area contributed by atoms with Gasteiger partial charge in [0.1, 0.15) is 6.10 Å². The molecule has 7 heteroatoms. The molecule has 6 nitrogen and oxygen atoms in total. The van der Waals surface area contributed by atoms with E-state index in [-0.39, 0.29) is 6.10 Å². The van der Waals surface area contributed by atoms with Crippen molar-refractivity contribution in [2.75, 3.05) is 18.1 Å². The molecule has 0 radical (unpaired) electrons. The number of carboxylic acid groups (broad SMARTS) is 1. The molecule has 0 amide bonds. The molecule has 21 heavy (non-hydrogen) atoms. The number of hydrogen-bond acceptors (Lipinski definition) is 6.